The first-order valence-corrected chi connectivity index (χ1v) is 17.8. The monoisotopic (exact) mass is 678 g/mol. The molecule has 3 unspecified atom stereocenters. The van der Waals surface area contributed by atoms with Gasteiger partial charge in [-0.3, -0.25) is 19.4 Å². The molecule has 2 bridgehead atoms. The van der Waals surface area contributed by atoms with E-state index in [4.69, 9.17) is 25.2 Å². The highest BCUT2D eigenvalue weighted by molar-refractivity contribution is 6.10. The minimum Gasteiger partial charge on any atom is -0.493 e. The van der Waals surface area contributed by atoms with E-state index in [1.807, 2.05) is 37.5 Å². The number of likely N-dealkylation sites (tertiary alicyclic amines) is 1. The van der Waals surface area contributed by atoms with E-state index >= 15 is 4.39 Å². The Morgan fingerprint density at radius 1 is 1.16 bits per heavy atom. The van der Waals surface area contributed by atoms with E-state index in [0.717, 1.165) is 60.8 Å². The molecular formula is C38H43FN8O3. The number of aromatic nitrogens is 5. The summed E-state index contributed by atoms with van der Waals surface area (Å²) in [6.07, 6.45) is 8.36. The number of benzene rings is 1. The van der Waals surface area contributed by atoms with E-state index in [-0.39, 0.29) is 53.2 Å². The van der Waals surface area contributed by atoms with Gasteiger partial charge >= 0.3 is 0 Å². The lowest BCUT2D eigenvalue weighted by molar-refractivity contribution is -0.0929. The number of carbonyl (C=O) groups is 1. The summed E-state index contributed by atoms with van der Waals surface area (Å²) in [6.45, 7) is 3.65. The molecule has 3 aliphatic carbocycles. The van der Waals surface area contributed by atoms with E-state index < -0.39 is 5.82 Å². The minimum atomic E-state index is -0.517. The molecule has 2 N–H and O–H groups in total. The quantitative estimate of drug-likeness (QED) is 0.250. The first kappa shape index (κ1) is 31.4. The van der Waals surface area contributed by atoms with Crippen molar-refractivity contribution >= 4 is 27.7 Å². The fourth-order valence-corrected chi connectivity index (χ4v) is 8.93. The van der Waals surface area contributed by atoms with Crippen LogP contribution in [-0.2, 0) is 13.5 Å². The second-order valence-electron chi connectivity index (χ2n) is 14.9. The van der Waals surface area contributed by atoms with E-state index in [0.29, 0.717) is 40.4 Å². The second-order valence-corrected chi connectivity index (χ2v) is 14.9. The number of pyridine rings is 2. The molecule has 260 valence electrons. The predicted octanol–water partition coefficient (Wildman–Crippen LogP) is 5.20. The Hall–Kier alpha value is -4.55. The number of rotatable bonds is 7. The number of carbonyl (C=O) groups excluding carboxylic acids is 1. The number of nitrogens with zero attached hydrogens (tertiary/aromatic N) is 7. The number of nitrogens with two attached hydrogens (primary N) is 1. The lowest BCUT2D eigenvalue weighted by Gasteiger charge is -2.64. The maximum absolute atomic E-state index is 17.2. The molecule has 6 heterocycles. The van der Waals surface area contributed by atoms with Crippen molar-refractivity contribution in [1.82, 2.24) is 34.1 Å². The standard InChI is InChI=1S/C38H43FN8O3/c1-19(27-12-7-13-45(27)4)50-37-24-16-28(26-18-46(5)43-33(26)38(48)44(2)3)47(34-22-15-23(34)30(22)40)35(24)25-17-41-31(29(39)32(25)42-37)21-11-6-9-20-10-8-14-49-36(20)21/h6,9,11,16-19,22-23,27,30,34H,7-8,10,12-15,40H2,1-5H3/t19-,22+,23?,27-,30?,34?/m0/s1. The van der Waals surface area contributed by atoms with Crippen molar-refractivity contribution in [1.29, 1.82) is 0 Å². The van der Waals surface area contributed by atoms with Crippen molar-refractivity contribution in [2.75, 3.05) is 34.3 Å². The van der Waals surface area contributed by atoms with Crippen molar-refractivity contribution in [3.63, 3.8) is 0 Å². The van der Waals surface area contributed by atoms with Crippen LogP contribution in [0.5, 0.6) is 11.6 Å². The molecule has 3 saturated carbocycles. The third-order valence-corrected chi connectivity index (χ3v) is 11.8. The number of hydrogen-bond acceptors (Lipinski definition) is 8. The summed E-state index contributed by atoms with van der Waals surface area (Å²) in [7, 11) is 7.38. The van der Waals surface area contributed by atoms with Gasteiger partial charge in [0.05, 0.1) is 23.2 Å². The molecule has 11 nitrogen and oxygen atoms in total. The topological polar surface area (TPSA) is 117 Å². The smallest absolute Gasteiger partial charge is 0.274 e. The third-order valence-electron chi connectivity index (χ3n) is 11.8. The zero-order valence-electron chi connectivity index (χ0n) is 29.2. The van der Waals surface area contributed by atoms with Crippen molar-refractivity contribution in [2.24, 2.45) is 24.6 Å². The summed E-state index contributed by atoms with van der Waals surface area (Å²) in [6, 6.07) is 8.26. The van der Waals surface area contributed by atoms with Crippen LogP contribution in [0.15, 0.2) is 36.7 Å². The summed E-state index contributed by atoms with van der Waals surface area (Å²) < 4.78 is 34.0. The highest BCUT2D eigenvalue weighted by Crippen LogP contribution is 2.62. The number of amides is 1. The molecule has 12 heteroatoms. The maximum Gasteiger partial charge on any atom is 0.274 e. The fraction of sp³-hybridized carbons (Fsp3) is 0.474. The number of aryl methyl sites for hydroxylation is 2. The van der Waals surface area contributed by atoms with Crippen molar-refractivity contribution in [2.45, 2.75) is 63.3 Å². The fourth-order valence-electron chi connectivity index (χ4n) is 8.93. The van der Waals surface area contributed by atoms with Crippen LogP contribution >= 0.6 is 0 Å². The molecule has 10 rings (SSSR count). The first-order valence-electron chi connectivity index (χ1n) is 17.8. The highest BCUT2D eigenvalue weighted by atomic mass is 19.1. The summed E-state index contributed by atoms with van der Waals surface area (Å²) >= 11 is 0. The van der Waals surface area contributed by atoms with E-state index in [1.54, 1.807) is 25.0 Å². The van der Waals surface area contributed by atoms with Crippen LogP contribution in [0, 0.1) is 17.7 Å². The van der Waals surface area contributed by atoms with Crippen LogP contribution in [0.2, 0.25) is 0 Å². The van der Waals surface area contributed by atoms with Gasteiger partial charge in [0.2, 0.25) is 5.88 Å². The molecule has 1 amide bonds. The Kier molecular flexibility index (Phi) is 7.23. The summed E-state index contributed by atoms with van der Waals surface area (Å²) in [5.41, 5.74) is 11.3. The van der Waals surface area contributed by atoms with Gasteiger partial charge < -0.3 is 24.7 Å². The first-order chi connectivity index (χ1) is 24.1. The summed E-state index contributed by atoms with van der Waals surface area (Å²) in [4.78, 5) is 27.1. The molecule has 50 heavy (non-hydrogen) atoms. The van der Waals surface area contributed by atoms with Crippen LogP contribution in [0.1, 0.15) is 54.7 Å². The van der Waals surface area contributed by atoms with Crippen LogP contribution < -0.4 is 15.2 Å². The summed E-state index contributed by atoms with van der Waals surface area (Å²) in [5, 5.41) is 5.94. The van der Waals surface area contributed by atoms with Gasteiger partial charge in [0, 0.05) is 68.2 Å². The van der Waals surface area contributed by atoms with E-state index in [9.17, 15) is 4.79 Å². The van der Waals surface area contributed by atoms with E-state index in [2.05, 4.69) is 28.5 Å². The van der Waals surface area contributed by atoms with Gasteiger partial charge in [-0.05, 0) is 82.2 Å². The highest BCUT2D eigenvalue weighted by Gasteiger charge is 2.61. The van der Waals surface area contributed by atoms with Crippen LogP contribution in [0.4, 0.5) is 4.39 Å². The Balaban J connectivity index is 1.32. The normalized spacial score (nSPS) is 24.8. The van der Waals surface area contributed by atoms with Gasteiger partial charge in [-0.1, -0.05) is 12.1 Å². The predicted molar refractivity (Wildman–Crippen MR) is 189 cm³/mol. The lowest BCUT2D eigenvalue weighted by atomic mass is 9.48. The van der Waals surface area contributed by atoms with Gasteiger partial charge in [0.15, 0.2) is 11.5 Å². The molecule has 1 saturated heterocycles. The Morgan fingerprint density at radius 3 is 2.70 bits per heavy atom. The van der Waals surface area contributed by atoms with Crippen LogP contribution in [0.3, 0.4) is 0 Å². The molecule has 0 spiro atoms. The number of fused-ring (bicyclic) bond motifs is 4. The Morgan fingerprint density at radius 2 is 1.98 bits per heavy atom. The average Bonchev–Trinajstić information content (AvgIpc) is 3.80. The zero-order valence-corrected chi connectivity index (χ0v) is 29.2. The average molecular weight is 679 g/mol. The minimum absolute atomic E-state index is 0.0779. The summed E-state index contributed by atoms with van der Waals surface area (Å²) in [5.74, 6) is 0.867. The zero-order chi connectivity index (χ0) is 34.6. The molecule has 5 aliphatic rings. The van der Waals surface area contributed by atoms with Crippen molar-refractivity contribution in [3.05, 3.63) is 53.7 Å². The van der Waals surface area contributed by atoms with Gasteiger partial charge in [0.25, 0.3) is 5.91 Å². The second kappa shape index (κ2) is 11.5. The molecule has 0 radical (unpaired) electrons. The number of ether oxygens (including phenoxy) is 2. The van der Waals surface area contributed by atoms with Gasteiger partial charge in [-0.25, -0.2) is 9.37 Å². The Labute approximate surface area is 290 Å². The van der Waals surface area contributed by atoms with Gasteiger partial charge in [0.1, 0.15) is 23.1 Å². The number of likely N-dealkylation sites (N-methyl/N-ethyl adjacent to an activating group) is 1. The molecule has 1 aromatic carbocycles. The molecule has 2 aliphatic heterocycles. The molecule has 4 aromatic heterocycles. The molecule has 5 aromatic rings. The molecule has 4 fully saturated rings. The maximum atomic E-state index is 17.2. The Bertz CT molecular complexity index is 2180. The van der Waals surface area contributed by atoms with Crippen LogP contribution in [0.25, 0.3) is 44.3 Å². The largest absolute Gasteiger partial charge is 0.493 e. The van der Waals surface area contributed by atoms with Crippen molar-refractivity contribution < 1.29 is 18.7 Å². The lowest BCUT2D eigenvalue weighted by Crippen LogP contribution is -2.67. The SMILES string of the molecule is C[C@H](Oc1nc2c(F)c(-c3cccc4c3OCCC4)ncc2c2c1cc(-c1cn(C)nc1C(=O)N(C)C)n2C1C2C[C@@H]1C2N)[C@@H]1CCCN1C. The van der Waals surface area contributed by atoms with E-state index in [1.165, 1.54) is 4.90 Å². The number of para-hydroxylation sites is 1. The van der Waals surface area contributed by atoms with Gasteiger partial charge in [-0.15, -0.1) is 0 Å². The number of hydrogen-bond donors (Lipinski definition) is 1. The van der Waals surface area contributed by atoms with Gasteiger partial charge in [-0.2, -0.15) is 5.10 Å². The third kappa shape index (κ3) is 4.53. The number of halogens is 1. The molecular weight excluding hydrogens is 635 g/mol. The van der Waals surface area contributed by atoms with Crippen molar-refractivity contribution in [3.8, 4) is 34.1 Å². The van der Waals surface area contributed by atoms with Crippen LogP contribution in [-0.4, -0.2) is 92.5 Å². The molecule has 6 atom stereocenters.